The fraction of sp³-hybridized carbons (Fsp3) is 0.556. The molecule has 2 rings (SSSR count). The van der Waals surface area contributed by atoms with E-state index in [4.69, 9.17) is 0 Å². The van der Waals surface area contributed by atoms with Gasteiger partial charge in [0, 0.05) is 23.5 Å². The average molecular weight is 179 g/mol. The number of fused-ring (bicyclic) bond motifs is 1. The van der Waals surface area contributed by atoms with Gasteiger partial charge in [-0.2, -0.15) is 0 Å². The van der Waals surface area contributed by atoms with Crippen LogP contribution in [0.3, 0.4) is 0 Å². The quantitative estimate of drug-likeness (QED) is 0.568. The fourth-order valence-corrected chi connectivity index (χ4v) is 1.95. The van der Waals surface area contributed by atoms with Crippen LogP contribution in [0.4, 0.5) is 4.79 Å². The molecule has 0 bridgehead atoms. The van der Waals surface area contributed by atoms with Gasteiger partial charge in [0.2, 0.25) is 0 Å². The van der Waals surface area contributed by atoms with Crippen molar-refractivity contribution in [2.75, 3.05) is 6.54 Å². The molecule has 2 N–H and O–H groups in total. The van der Waals surface area contributed by atoms with Gasteiger partial charge >= 0.3 is 6.03 Å². The van der Waals surface area contributed by atoms with Gasteiger partial charge in [-0.05, 0) is 20.3 Å². The maximum Gasteiger partial charge on any atom is 0.319 e. The smallest absolute Gasteiger partial charge is 0.319 e. The molecule has 2 aliphatic rings. The van der Waals surface area contributed by atoms with Gasteiger partial charge in [0.1, 0.15) is 0 Å². The molecule has 2 heterocycles. The summed E-state index contributed by atoms with van der Waals surface area (Å²) >= 11 is 0. The van der Waals surface area contributed by atoms with Crippen LogP contribution < -0.4 is 10.6 Å². The zero-order valence-electron chi connectivity index (χ0n) is 7.85. The molecule has 1 unspecified atom stereocenters. The molecule has 0 spiro atoms. The Kier molecular flexibility index (Phi) is 1.83. The maximum absolute atomic E-state index is 11.1. The summed E-state index contributed by atoms with van der Waals surface area (Å²) in [7, 11) is 0. The largest absolute Gasteiger partial charge is 0.331 e. The van der Waals surface area contributed by atoms with Crippen LogP contribution in [0.25, 0.3) is 0 Å². The molecule has 4 heteroatoms. The van der Waals surface area contributed by atoms with Gasteiger partial charge in [-0.3, -0.25) is 4.99 Å². The lowest BCUT2D eigenvalue weighted by atomic mass is 9.94. The molecule has 0 saturated carbocycles. The van der Waals surface area contributed by atoms with E-state index in [1.807, 2.05) is 13.8 Å². The van der Waals surface area contributed by atoms with Crippen LogP contribution in [-0.2, 0) is 0 Å². The molecule has 0 saturated heterocycles. The minimum atomic E-state index is -0.0963. The Hall–Kier alpha value is -1.32. The van der Waals surface area contributed by atoms with E-state index < -0.39 is 0 Å². The Balaban J connectivity index is 2.41. The van der Waals surface area contributed by atoms with Gasteiger partial charge in [-0.15, -0.1) is 0 Å². The number of hydrogen-bond donors (Lipinski definition) is 2. The van der Waals surface area contributed by atoms with E-state index in [1.165, 1.54) is 0 Å². The molecule has 4 nitrogen and oxygen atoms in total. The number of aliphatic imine (C=N–C) groups is 1. The zero-order valence-corrected chi connectivity index (χ0v) is 7.85. The van der Waals surface area contributed by atoms with Crippen molar-refractivity contribution in [2.45, 2.75) is 26.3 Å². The predicted molar refractivity (Wildman–Crippen MR) is 50.7 cm³/mol. The minimum Gasteiger partial charge on any atom is -0.331 e. The SMILES string of the molecule is CC1=NCCC2NC(=O)NC(C)=C12. The van der Waals surface area contributed by atoms with Gasteiger partial charge in [-0.1, -0.05) is 0 Å². The summed E-state index contributed by atoms with van der Waals surface area (Å²) < 4.78 is 0. The highest BCUT2D eigenvalue weighted by Crippen LogP contribution is 2.20. The van der Waals surface area contributed by atoms with Crippen LogP contribution in [0.5, 0.6) is 0 Å². The Bertz CT molecular complexity index is 317. The number of hydrogen-bond acceptors (Lipinski definition) is 2. The summed E-state index contributed by atoms with van der Waals surface area (Å²) in [5, 5.41) is 5.65. The number of allylic oxidation sites excluding steroid dienone is 1. The van der Waals surface area contributed by atoms with Crippen molar-refractivity contribution in [1.29, 1.82) is 0 Å². The van der Waals surface area contributed by atoms with Crippen molar-refractivity contribution >= 4 is 11.7 Å². The first-order valence-corrected chi connectivity index (χ1v) is 4.48. The van der Waals surface area contributed by atoms with Crippen LogP contribution >= 0.6 is 0 Å². The van der Waals surface area contributed by atoms with E-state index in [1.54, 1.807) is 0 Å². The predicted octanol–water partition coefficient (Wildman–Crippen LogP) is 0.806. The summed E-state index contributed by atoms with van der Waals surface area (Å²) in [5.41, 5.74) is 3.14. The highest BCUT2D eigenvalue weighted by atomic mass is 16.2. The first kappa shape index (κ1) is 8.29. The Morgan fingerprint density at radius 1 is 1.46 bits per heavy atom. The van der Waals surface area contributed by atoms with E-state index in [-0.39, 0.29) is 12.1 Å². The molecule has 0 aromatic carbocycles. The number of urea groups is 1. The number of nitrogens with zero attached hydrogens (tertiary/aromatic N) is 1. The van der Waals surface area contributed by atoms with Gasteiger partial charge in [0.25, 0.3) is 0 Å². The summed E-state index contributed by atoms with van der Waals surface area (Å²) in [4.78, 5) is 15.5. The van der Waals surface area contributed by atoms with Crippen LogP contribution in [0.1, 0.15) is 20.3 Å². The molecule has 0 radical (unpaired) electrons. The molecule has 2 aliphatic heterocycles. The number of rotatable bonds is 0. The number of nitrogens with one attached hydrogen (secondary N) is 2. The van der Waals surface area contributed by atoms with Crippen molar-refractivity contribution in [3.05, 3.63) is 11.3 Å². The summed E-state index contributed by atoms with van der Waals surface area (Å²) in [6.07, 6.45) is 0.914. The van der Waals surface area contributed by atoms with Gasteiger partial charge in [0.05, 0.1) is 6.04 Å². The second kappa shape index (κ2) is 2.87. The summed E-state index contributed by atoms with van der Waals surface area (Å²) in [5.74, 6) is 0. The lowest BCUT2D eigenvalue weighted by Crippen LogP contribution is -2.50. The Morgan fingerprint density at radius 2 is 2.23 bits per heavy atom. The first-order valence-electron chi connectivity index (χ1n) is 4.48. The standard InChI is InChI=1S/C9H13N3O/c1-5-8-6(2)11-9(13)12-7(8)3-4-10-5/h7H,3-4H2,1-2H3,(H2,11,12,13). The molecule has 0 aromatic heterocycles. The lowest BCUT2D eigenvalue weighted by molar-refractivity contribution is 0.238. The Morgan fingerprint density at radius 3 is 3.00 bits per heavy atom. The van der Waals surface area contributed by atoms with E-state index in [0.29, 0.717) is 0 Å². The number of carbonyl (C=O) groups is 1. The van der Waals surface area contributed by atoms with Crippen LogP contribution in [0, 0.1) is 0 Å². The van der Waals surface area contributed by atoms with Crippen LogP contribution in [-0.4, -0.2) is 24.3 Å². The van der Waals surface area contributed by atoms with Gasteiger partial charge < -0.3 is 10.6 Å². The molecule has 2 amide bonds. The molecular weight excluding hydrogens is 166 g/mol. The van der Waals surface area contributed by atoms with Crippen LogP contribution in [0.15, 0.2) is 16.3 Å². The monoisotopic (exact) mass is 179 g/mol. The van der Waals surface area contributed by atoms with E-state index >= 15 is 0 Å². The normalized spacial score (nSPS) is 27.4. The third kappa shape index (κ3) is 1.32. The second-order valence-electron chi connectivity index (χ2n) is 3.45. The lowest BCUT2D eigenvalue weighted by Gasteiger charge is -2.31. The summed E-state index contributed by atoms with van der Waals surface area (Å²) in [6, 6.07) is 0.0761. The van der Waals surface area contributed by atoms with Crippen molar-refractivity contribution < 1.29 is 4.79 Å². The fourth-order valence-electron chi connectivity index (χ4n) is 1.95. The minimum absolute atomic E-state index is 0.0963. The van der Waals surface area contributed by atoms with Crippen LogP contribution in [0.2, 0.25) is 0 Å². The molecular formula is C9H13N3O. The van der Waals surface area contributed by atoms with Crippen molar-refractivity contribution in [1.82, 2.24) is 10.6 Å². The van der Waals surface area contributed by atoms with Crippen molar-refractivity contribution in [3.8, 4) is 0 Å². The third-order valence-corrected chi connectivity index (χ3v) is 2.52. The summed E-state index contributed by atoms with van der Waals surface area (Å²) in [6.45, 7) is 4.73. The van der Waals surface area contributed by atoms with E-state index in [0.717, 1.165) is 29.9 Å². The molecule has 0 fully saturated rings. The second-order valence-corrected chi connectivity index (χ2v) is 3.45. The highest BCUT2D eigenvalue weighted by Gasteiger charge is 2.28. The van der Waals surface area contributed by atoms with E-state index in [2.05, 4.69) is 15.6 Å². The molecule has 0 aliphatic carbocycles. The number of carbonyl (C=O) groups excluding carboxylic acids is 1. The highest BCUT2D eigenvalue weighted by molar-refractivity contribution is 6.02. The van der Waals surface area contributed by atoms with Crippen molar-refractivity contribution in [3.63, 3.8) is 0 Å². The van der Waals surface area contributed by atoms with Gasteiger partial charge in [-0.25, -0.2) is 4.79 Å². The third-order valence-electron chi connectivity index (χ3n) is 2.52. The van der Waals surface area contributed by atoms with Crippen molar-refractivity contribution in [2.24, 2.45) is 4.99 Å². The molecule has 1 atom stereocenters. The topological polar surface area (TPSA) is 53.5 Å². The van der Waals surface area contributed by atoms with Gasteiger partial charge in [0.15, 0.2) is 0 Å². The molecule has 0 aromatic rings. The average Bonchev–Trinajstić information content (AvgIpc) is 2.02. The molecule has 13 heavy (non-hydrogen) atoms. The molecule has 70 valence electrons. The Labute approximate surface area is 77.1 Å². The zero-order chi connectivity index (χ0) is 9.42. The number of amides is 2. The van der Waals surface area contributed by atoms with E-state index in [9.17, 15) is 4.79 Å². The maximum atomic E-state index is 11.1. The first-order chi connectivity index (χ1) is 6.18.